The van der Waals surface area contributed by atoms with Crippen LogP contribution in [0.5, 0.6) is 0 Å². The van der Waals surface area contributed by atoms with Crippen molar-refractivity contribution in [2.45, 2.75) is 19.4 Å². The van der Waals surface area contributed by atoms with Crippen molar-refractivity contribution >= 4 is 6.08 Å². The molecule has 1 aromatic rings. The molecule has 0 heterocycles. The minimum atomic E-state index is -1.23. The van der Waals surface area contributed by atoms with E-state index in [0.717, 1.165) is 6.07 Å². The predicted molar refractivity (Wildman–Crippen MR) is 47.6 cm³/mol. The third-order valence-corrected chi connectivity index (χ3v) is 1.88. The molecular formula is C10H8F3NO. The van der Waals surface area contributed by atoms with Crippen LogP contribution >= 0.6 is 0 Å². The number of carbonyl (C=O) groups excluding carboxylic acids is 1. The Balaban J connectivity index is 2.95. The van der Waals surface area contributed by atoms with E-state index in [1.54, 1.807) is 6.92 Å². The summed E-state index contributed by atoms with van der Waals surface area (Å²) in [7, 11) is 0. The Morgan fingerprint density at radius 3 is 2.47 bits per heavy atom. The van der Waals surface area contributed by atoms with Crippen molar-refractivity contribution in [3.05, 3.63) is 35.1 Å². The van der Waals surface area contributed by atoms with Crippen molar-refractivity contribution in [2.75, 3.05) is 0 Å². The van der Waals surface area contributed by atoms with Gasteiger partial charge in [0.05, 0.1) is 6.04 Å². The van der Waals surface area contributed by atoms with E-state index in [9.17, 15) is 18.0 Å². The van der Waals surface area contributed by atoms with Gasteiger partial charge in [0.1, 0.15) is 5.82 Å². The van der Waals surface area contributed by atoms with Crippen LogP contribution in [-0.2, 0) is 11.2 Å². The van der Waals surface area contributed by atoms with Gasteiger partial charge in [0.15, 0.2) is 11.6 Å². The number of isocyanates is 1. The van der Waals surface area contributed by atoms with Crippen LogP contribution in [0.25, 0.3) is 0 Å². The molecule has 0 aliphatic rings. The number of nitrogens with zero attached hydrogens (tertiary/aromatic N) is 1. The number of benzene rings is 1. The van der Waals surface area contributed by atoms with E-state index in [4.69, 9.17) is 0 Å². The van der Waals surface area contributed by atoms with Crippen molar-refractivity contribution in [2.24, 2.45) is 4.99 Å². The molecular weight excluding hydrogens is 207 g/mol. The summed E-state index contributed by atoms with van der Waals surface area (Å²) in [6, 6.07) is 0.727. The molecule has 0 saturated heterocycles. The van der Waals surface area contributed by atoms with E-state index >= 15 is 0 Å². The van der Waals surface area contributed by atoms with Gasteiger partial charge in [0.2, 0.25) is 6.08 Å². The molecule has 15 heavy (non-hydrogen) atoms. The van der Waals surface area contributed by atoms with Gasteiger partial charge < -0.3 is 0 Å². The largest absolute Gasteiger partial charge is 0.235 e. The maximum absolute atomic E-state index is 13.1. The number of hydrogen-bond acceptors (Lipinski definition) is 2. The van der Waals surface area contributed by atoms with Crippen molar-refractivity contribution in [3.63, 3.8) is 0 Å². The van der Waals surface area contributed by atoms with E-state index in [1.165, 1.54) is 6.08 Å². The smallest absolute Gasteiger partial charge is 0.211 e. The zero-order chi connectivity index (χ0) is 11.4. The molecule has 0 bridgehead atoms. The van der Waals surface area contributed by atoms with Gasteiger partial charge in [-0.15, -0.1) is 0 Å². The predicted octanol–water partition coefficient (Wildman–Crippen LogP) is 2.37. The first kappa shape index (κ1) is 11.5. The maximum atomic E-state index is 13.1. The third-order valence-electron chi connectivity index (χ3n) is 1.88. The fourth-order valence-corrected chi connectivity index (χ4v) is 1.17. The van der Waals surface area contributed by atoms with Gasteiger partial charge in [0.25, 0.3) is 0 Å². The molecule has 1 rings (SSSR count). The fourth-order valence-electron chi connectivity index (χ4n) is 1.17. The standard InChI is InChI=1S/C10H8F3NO/c1-6(14-5-15)2-7-3-9(12)10(13)4-8(7)11/h3-4,6H,2H2,1H3. The molecule has 0 N–H and O–H groups in total. The van der Waals surface area contributed by atoms with Gasteiger partial charge in [-0.3, -0.25) is 0 Å². The van der Waals surface area contributed by atoms with Gasteiger partial charge >= 0.3 is 0 Å². The Labute approximate surface area is 84.4 Å². The Morgan fingerprint density at radius 1 is 1.27 bits per heavy atom. The first-order chi connectivity index (χ1) is 7.04. The topological polar surface area (TPSA) is 29.4 Å². The highest BCUT2D eigenvalue weighted by atomic mass is 19.2. The normalized spacial score (nSPS) is 12.0. The Hall–Kier alpha value is -1.61. The zero-order valence-electron chi connectivity index (χ0n) is 7.93. The molecule has 5 heteroatoms. The van der Waals surface area contributed by atoms with Crippen molar-refractivity contribution in [1.29, 1.82) is 0 Å². The van der Waals surface area contributed by atoms with E-state index in [1.807, 2.05) is 0 Å². The van der Waals surface area contributed by atoms with Crippen LogP contribution < -0.4 is 0 Å². The number of halogens is 3. The molecule has 0 radical (unpaired) electrons. The van der Waals surface area contributed by atoms with Crippen LogP contribution in [0.15, 0.2) is 17.1 Å². The van der Waals surface area contributed by atoms with Gasteiger partial charge in [-0.25, -0.2) is 23.0 Å². The monoisotopic (exact) mass is 215 g/mol. The molecule has 0 aromatic heterocycles. The summed E-state index contributed by atoms with van der Waals surface area (Å²) in [6.45, 7) is 1.55. The van der Waals surface area contributed by atoms with Crippen molar-refractivity contribution < 1.29 is 18.0 Å². The lowest BCUT2D eigenvalue weighted by atomic mass is 10.1. The number of rotatable bonds is 3. The van der Waals surface area contributed by atoms with E-state index in [-0.39, 0.29) is 12.0 Å². The van der Waals surface area contributed by atoms with Gasteiger partial charge in [0, 0.05) is 6.07 Å². The number of hydrogen-bond donors (Lipinski definition) is 0. The molecule has 0 amide bonds. The minimum Gasteiger partial charge on any atom is -0.211 e. The summed E-state index contributed by atoms with van der Waals surface area (Å²) >= 11 is 0. The second-order valence-electron chi connectivity index (χ2n) is 3.13. The fraction of sp³-hybridized carbons (Fsp3) is 0.300. The van der Waals surface area contributed by atoms with E-state index < -0.39 is 23.5 Å². The third kappa shape index (κ3) is 2.92. The van der Waals surface area contributed by atoms with Crippen LogP contribution in [0.3, 0.4) is 0 Å². The number of aliphatic imine (C=N–C) groups is 1. The first-order valence-electron chi connectivity index (χ1n) is 4.25. The Bertz CT molecular complexity index is 413. The second-order valence-corrected chi connectivity index (χ2v) is 3.13. The first-order valence-corrected chi connectivity index (χ1v) is 4.25. The lowest BCUT2D eigenvalue weighted by Gasteiger charge is -2.06. The lowest BCUT2D eigenvalue weighted by molar-refractivity contribution is 0.487. The van der Waals surface area contributed by atoms with Crippen molar-refractivity contribution in [1.82, 2.24) is 0 Å². The van der Waals surface area contributed by atoms with E-state index in [2.05, 4.69) is 4.99 Å². The van der Waals surface area contributed by atoms with Crippen LogP contribution in [0.4, 0.5) is 13.2 Å². The van der Waals surface area contributed by atoms with Gasteiger partial charge in [-0.1, -0.05) is 0 Å². The van der Waals surface area contributed by atoms with Crippen LogP contribution in [0.1, 0.15) is 12.5 Å². The molecule has 0 spiro atoms. The molecule has 1 atom stereocenters. The highest BCUT2D eigenvalue weighted by molar-refractivity contribution is 5.34. The van der Waals surface area contributed by atoms with Gasteiger partial charge in [-0.2, -0.15) is 0 Å². The average molecular weight is 215 g/mol. The molecule has 1 unspecified atom stereocenters. The molecule has 0 aliphatic carbocycles. The SMILES string of the molecule is CC(Cc1cc(F)c(F)cc1F)N=C=O. The van der Waals surface area contributed by atoms with Crippen molar-refractivity contribution in [3.8, 4) is 0 Å². The average Bonchev–Trinajstić information content (AvgIpc) is 2.14. The van der Waals surface area contributed by atoms with E-state index in [0.29, 0.717) is 6.07 Å². The lowest BCUT2D eigenvalue weighted by Crippen LogP contribution is -2.05. The summed E-state index contributed by atoms with van der Waals surface area (Å²) in [5.41, 5.74) is -0.0135. The Morgan fingerprint density at radius 2 is 1.87 bits per heavy atom. The summed E-state index contributed by atoms with van der Waals surface area (Å²) in [6.07, 6.45) is 1.34. The maximum Gasteiger partial charge on any atom is 0.235 e. The quantitative estimate of drug-likeness (QED) is 0.432. The summed E-state index contributed by atoms with van der Waals surface area (Å²) < 4.78 is 38.4. The molecule has 80 valence electrons. The molecule has 1 aromatic carbocycles. The molecule has 0 saturated carbocycles. The Kier molecular flexibility index (Phi) is 3.63. The highest BCUT2D eigenvalue weighted by Gasteiger charge is 2.11. The summed E-state index contributed by atoms with van der Waals surface area (Å²) in [5, 5.41) is 0. The molecule has 2 nitrogen and oxygen atoms in total. The molecule has 0 fully saturated rings. The second kappa shape index (κ2) is 4.75. The summed E-state index contributed by atoms with van der Waals surface area (Å²) in [5.74, 6) is -3.20. The van der Waals surface area contributed by atoms with Crippen LogP contribution in [0, 0.1) is 17.5 Å². The highest BCUT2D eigenvalue weighted by Crippen LogP contribution is 2.15. The zero-order valence-corrected chi connectivity index (χ0v) is 7.93. The summed E-state index contributed by atoms with van der Waals surface area (Å²) in [4.78, 5) is 13.2. The molecule has 0 aliphatic heterocycles. The minimum absolute atomic E-state index is 0.0135. The van der Waals surface area contributed by atoms with Gasteiger partial charge in [-0.05, 0) is 25.0 Å². The van der Waals surface area contributed by atoms with Crippen LogP contribution in [-0.4, -0.2) is 12.1 Å². The van der Waals surface area contributed by atoms with Crippen LogP contribution in [0.2, 0.25) is 0 Å².